The van der Waals surface area contributed by atoms with Gasteiger partial charge in [-0.3, -0.25) is 9.59 Å². The summed E-state index contributed by atoms with van der Waals surface area (Å²) in [6.45, 7) is 1.75. The molecule has 27 heavy (non-hydrogen) atoms. The van der Waals surface area contributed by atoms with Gasteiger partial charge in [-0.1, -0.05) is 18.2 Å². The molecule has 1 saturated heterocycles. The van der Waals surface area contributed by atoms with E-state index in [1.165, 1.54) is 25.2 Å². The number of esters is 1. The summed E-state index contributed by atoms with van der Waals surface area (Å²) in [4.78, 5) is 38.0. The molecule has 1 N–H and O–H groups in total. The lowest BCUT2D eigenvalue weighted by atomic mass is 10.1. The van der Waals surface area contributed by atoms with Gasteiger partial charge in [0.1, 0.15) is 5.82 Å². The van der Waals surface area contributed by atoms with Crippen LogP contribution < -0.4 is 5.32 Å². The van der Waals surface area contributed by atoms with Crippen molar-refractivity contribution in [1.29, 1.82) is 0 Å². The number of ether oxygens (including phenoxy) is 2. The third-order valence-corrected chi connectivity index (χ3v) is 4.78. The van der Waals surface area contributed by atoms with Crippen LogP contribution in [0.3, 0.4) is 0 Å². The molecule has 8 heteroatoms. The van der Waals surface area contributed by atoms with E-state index < -0.39 is 24.0 Å². The Labute approximate surface area is 157 Å². The van der Waals surface area contributed by atoms with Gasteiger partial charge in [0.05, 0.1) is 13.2 Å². The molecule has 1 heterocycles. The molecule has 1 aliphatic rings. The van der Waals surface area contributed by atoms with Crippen molar-refractivity contribution < 1.29 is 28.2 Å². The highest BCUT2D eigenvalue weighted by Crippen LogP contribution is 2.24. The van der Waals surface area contributed by atoms with Crippen LogP contribution in [0.4, 0.5) is 4.39 Å². The van der Waals surface area contributed by atoms with Gasteiger partial charge in [-0.25, -0.2) is 9.18 Å². The summed E-state index contributed by atoms with van der Waals surface area (Å²) in [6.07, 6.45) is 0.260. The van der Waals surface area contributed by atoms with Crippen LogP contribution in [0, 0.1) is 5.82 Å². The fraction of sp³-hybridized carbons (Fsp3) is 0.526. The molecule has 0 aliphatic carbocycles. The Morgan fingerprint density at radius 2 is 2.04 bits per heavy atom. The molecule has 0 aromatic heterocycles. The molecule has 1 aliphatic heterocycles. The third kappa shape index (κ3) is 5.26. The minimum absolute atomic E-state index is 0.0180. The van der Waals surface area contributed by atoms with Crippen LogP contribution in [0.5, 0.6) is 0 Å². The maximum Gasteiger partial charge on any atom is 0.331 e. The topological polar surface area (TPSA) is 84.9 Å². The van der Waals surface area contributed by atoms with Crippen LogP contribution in [0.2, 0.25) is 0 Å². The van der Waals surface area contributed by atoms with Crippen LogP contribution in [0.25, 0.3) is 0 Å². The molecular weight excluding hydrogens is 355 g/mol. The van der Waals surface area contributed by atoms with Crippen LogP contribution in [0.1, 0.15) is 31.7 Å². The number of halogens is 1. The standard InChI is InChI=1S/C19H25FN2O5/c1-12(26-2)18(19(25)27-3)21-16(23)10-14-8-9-17(24)22(14)11-13-6-4-5-7-15(13)20/h4-7,12,14,18H,8-11H2,1-3H3,(H,21,23)/t12-,14+,18+/m1/s1. The summed E-state index contributed by atoms with van der Waals surface area (Å²) in [7, 11) is 2.66. The van der Waals surface area contributed by atoms with Crippen LogP contribution in [-0.4, -0.2) is 55.1 Å². The van der Waals surface area contributed by atoms with Gasteiger partial charge in [-0.05, 0) is 19.4 Å². The SMILES string of the molecule is COC(=O)[C@@H](NC(=O)C[C@@H]1CCC(=O)N1Cc1ccccc1F)[C@@H](C)OC. The fourth-order valence-corrected chi connectivity index (χ4v) is 3.11. The maximum absolute atomic E-state index is 13.9. The first kappa shape index (κ1) is 20.8. The van der Waals surface area contributed by atoms with Crippen molar-refractivity contribution in [2.75, 3.05) is 14.2 Å². The summed E-state index contributed by atoms with van der Waals surface area (Å²) < 4.78 is 23.7. The van der Waals surface area contributed by atoms with E-state index in [2.05, 4.69) is 5.32 Å². The Bertz CT molecular complexity index is 696. The van der Waals surface area contributed by atoms with Gasteiger partial charge in [0.15, 0.2) is 6.04 Å². The first-order valence-electron chi connectivity index (χ1n) is 8.80. The maximum atomic E-state index is 13.9. The van der Waals surface area contributed by atoms with Crippen LogP contribution in [-0.2, 0) is 30.4 Å². The molecule has 0 spiro atoms. The van der Waals surface area contributed by atoms with E-state index in [1.807, 2.05) is 0 Å². The van der Waals surface area contributed by atoms with Crippen molar-refractivity contribution in [3.05, 3.63) is 35.6 Å². The second kappa shape index (κ2) is 9.45. The molecule has 7 nitrogen and oxygen atoms in total. The van der Waals surface area contributed by atoms with E-state index in [-0.39, 0.29) is 30.7 Å². The zero-order valence-corrected chi connectivity index (χ0v) is 15.7. The largest absolute Gasteiger partial charge is 0.467 e. The molecule has 3 atom stereocenters. The number of likely N-dealkylation sites (tertiary alicyclic amines) is 1. The average molecular weight is 380 g/mol. The Balaban J connectivity index is 2.03. The summed E-state index contributed by atoms with van der Waals surface area (Å²) in [5.41, 5.74) is 0.401. The van der Waals surface area contributed by atoms with Crippen LogP contribution >= 0.6 is 0 Å². The van der Waals surface area contributed by atoms with Crippen molar-refractivity contribution in [3.63, 3.8) is 0 Å². The second-order valence-electron chi connectivity index (χ2n) is 6.52. The van der Waals surface area contributed by atoms with Gasteiger partial charge >= 0.3 is 5.97 Å². The van der Waals surface area contributed by atoms with Gasteiger partial charge in [0, 0.05) is 38.1 Å². The molecule has 148 valence electrons. The van der Waals surface area contributed by atoms with Gasteiger partial charge in [0.25, 0.3) is 0 Å². The molecule has 0 radical (unpaired) electrons. The first-order chi connectivity index (χ1) is 12.9. The van der Waals surface area contributed by atoms with Gasteiger partial charge in [-0.2, -0.15) is 0 Å². The highest BCUT2D eigenvalue weighted by atomic mass is 19.1. The average Bonchev–Trinajstić information content (AvgIpc) is 3.00. The minimum atomic E-state index is -0.940. The summed E-state index contributed by atoms with van der Waals surface area (Å²) in [5, 5.41) is 2.61. The van der Waals surface area contributed by atoms with E-state index in [9.17, 15) is 18.8 Å². The lowest BCUT2D eigenvalue weighted by Crippen LogP contribution is -2.50. The molecular formula is C19H25FN2O5. The Hall–Kier alpha value is -2.48. The van der Waals surface area contributed by atoms with Crippen molar-refractivity contribution in [1.82, 2.24) is 10.2 Å². The summed E-state index contributed by atoms with van der Waals surface area (Å²) in [6, 6.07) is 4.95. The number of carbonyl (C=O) groups excluding carboxylic acids is 3. The van der Waals surface area contributed by atoms with E-state index >= 15 is 0 Å². The molecule has 2 rings (SSSR count). The summed E-state index contributed by atoms with van der Waals surface area (Å²) in [5.74, 6) is -1.51. The van der Waals surface area contributed by atoms with Gasteiger partial charge < -0.3 is 19.7 Å². The summed E-state index contributed by atoms with van der Waals surface area (Å²) >= 11 is 0. The molecule has 2 amide bonds. The lowest BCUT2D eigenvalue weighted by Gasteiger charge is -2.26. The van der Waals surface area contributed by atoms with E-state index in [0.29, 0.717) is 18.4 Å². The number of benzene rings is 1. The van der Waals surface area contributed by atoms with Crippen molar-refractivity contribution in [2.45, 2.75) is 50.9 Å². The Morgan fingerprint density at radius 3 is 2.67 bits per heavy atom. The lowest BCUT2D eigenvalue weighted by molar-refractivity contribution is -0.149. The normalized spacial score (nSPS) is 18.9. The molecule has 0 unspecified atom stereocenters. The Kier molecular flexibility index (Phi) is 7.29. The van der Waals surface area contributed by atoms with E-state index in [0.717, 1.165) is 0 Å². The van der Waals surface area contributed by atoms with Gasteiger partial charge in [0.2, 0.25) is 11.8 Å². The van der Waals surface area contributed by atoms with Crippen molar-refractivity contribution >= 4 is 17.8 Å². The van der Waals surface area contributed by atoms with Gasteiger partial charge in [-0.15, -0.1) is 0 Å². The third-order valence-electron chi connectivity index (χ3n) is 4.78. The minimum Gasteiger partial charge on any atom is -0.467 e. The number of rotatable bonds is 8. The van der Waals surface area contributed by atoms with E-state index in [1.54, 1.807) is 25.1 Å². The predicted molar refractivity (Wildman–Crippen MR) is 95.0 cm³/mol. The number of nitrogens with one attached hydrogen (secondary N) is 1. The number of nitrogens with zero attached hydrogens (tertiary/aromatic N) is 1. The highest BCUT2D eigenvalue weighted by molar-refractivity contribution is 5.86. The highest BCUT2D eigenvalue weighted by Gasteiger charge is 2.34. The van der Waals surface area contributed by atoms with Crippen molar-refractivity contribution in [2.24, 2.45) is 0 Å². The predicted octanol–water partition coefficient (Wildman–Crippen LogP) is 1.40. The number of carbonyl (C=O) groups is 3. The molecule has 1 aromatic rings. The quantitative estimate of drug-likeness (QED) is 0.689. The Morgan fingerprint density at radius 1 is 1.33 bits per heavy atom. The number of hydrogen-bond donors (Lipinski definition) is 1. The molecule has 0 bridgehead atoms. The number of methoxy groups -OCH3 is 2. The smallest absolute Gasteiger partial charge is 0.331 e. The molecule has 1 aromatic carbocycles. The zero-order valence-electron chi connectivity index (χ0n) is 15.7. The number of hydrogen-bond acceptors (Lipinski definition) is 5. The number of amides is 2. The molecule has 1 fully saturated rings. The first-order valence-corrected chi connectivity index (χ1v) is 8.80. The zero-order chi connectivity index (χ0) is 20.0. The molecule has 0 saturated carbocycles. The fourth-order valence-electron chi connectivity index (χ4n) is 3.11. The van der Waals surface area contributed by atoms with Crippen molar-refractivity contribution in [3.8, 4) is 0 Å². The monoisotopic (exact) mass is 380 g/mol. The van der Waals surface area contributed by atoms with E-state index in [4.69, 9.17) is 9.47 Å². The van der Waals surface area contributed by atoms with Crippen LogP contribution in [0.15, 0.2) is 24.3 Å². The second-order valence-corrected chi connectivity index (χ2v) is 6.52.